The first-order valence-electron chi connectivity index (χ1n) is 10.6. The van der Waals surface area contributed by atoms with Crippen molar-refractivity contribution in [3.8, 4) is 16.9 Å². The zero-order valence-corrected chi connectivity index (χ0v) is 18.1. The van der Waals surface area contributed by atoms with Gasteiger partial charge in [0.25, 0.3) is 5.91 Å². The highest BCUT2D eigenvalue weighted by atomic mass is 19.1. The largest absolute Gasteiger partial charge is 0.493 e. The van der Waals surface area contributed by atoms with Crippen molar-refractivity contribution in [3.63, 3.8) is 0 Å². The number of rotatable bonds is 8. The molecule has 0 aliphatic carbocycles. The molecule has 0 bridgehead atoms. The first-order chi connectivity index (χ1) is 16.5. The molecule has 2 N–H and O–H groups in total. The summed E-state index contributed by atoms with van der Waals surface area (Å²) in [6.07, 6.45) is 2.03. The summed E-state index contributed by atoms with van der Waals surface area (Å²) in [7, 11) is 0. The van der Waals surface area contributed by atoms with Gasteiger partial charge < -0.3 is 15.2 Å². The Hall–Kier alpha value is -4.52. The standard InChI is InChI=1S/C27H21FN2O4/c28-25-24(27(32)33)16-21(17-29-25)19-7-4-8-20(15-19)26(31)30-22-9-11-23(12-10-22)34-14-13-18-5-2-1-3-6-18/h1-12,15-17H,13-14H2,(H,30,31)(H,32,33). The van der Waals surface area contributed by atoms with E-state index in [0.717, 1.165) is 6.42 Å². The SMILES string of the molecule is O=C(Nc1ccc(OCCc2ccccc2)cc1)c1cccc(-c2cnc(F)c(C(=O)O)c2)c1. The lowest BCUT2D eigenvalue weighted by atomic mass is 10.0. The van der Waals surface area contributed by atoms with Crippen LogP contribution in [0.25, 0.3) is 11.1 Å². The van der Waals surface area contributed by atoms with Crippen molar-refractivity contribution in [1.82, 2.24) is 4.98 Å². The monoisotopic (exact) mass is 456 g/mol. The maximum atomic E-state index is 13.6. The first-order valence-corrected chi connectivity index (χ1v) is 10.6. The number of hydrogen-bond acceptors (Lipinski definition) is 4. The molecule has 34 heavy (non-hydrogen) atoms. The van der Waals surface area contributed by atoms with E-state index in [0.29, 0.717) is 34.7 Å². The van der Waals surface area contributed by atoms with Gasteiger partial charge in [-0.3, -0.25) is 4.79 Å². The van der Waals surface area contributed by atoms with Gasteiger partial charge in [0, 0.05) is 29.4 Å². The number of ether oxygens (including phenoxy) is 1. The van der Waals surface area contributed by atoms with Crippen LogP contribution in [0.5, 0.6) is 5.75 Å². The van der Waals surface area contributed by atoms with Gasteiger partial charge in [-0.1, -0.05) is 42.5 Å². The molecule has 1 heterocycles. The lowest BCUT2D eigenvalue weighted by Gasteiger charge is -2.10. The van der Waals surface area contributed by atoms with Gasteiger partial charge in [0.05, 0.1) is 6.61 Å². The highest BCUT2D eigenvalue weighted by molar-refractivity contribution is 6.05. The van der Waals surface area contributed by atoms with E-state index in [2.05, 4.69) is 22.4 Å². The third-order valence-corrected chi connectivity index (χ3v) is 5.14. The van der Waals surface area contributed by atoms with E-state index in [1.807, 2.05) is 18.2 Å². The minimum absolute atomic E-state index is 0.340. The fourth-order valence-electron chi connectivity index (χ4n) is 3.37. The minimum atomic E-state index is -1.41. The summed E-state index contributed by atoms with van der Waals surface area (Å²) in [6, 6.07) is 24.9. The van der Waals surface area contributed by atoms with Crippen molar-refractivity contribution in [1.29, 1.82) is 0 Å². The number of aromatic nitrogens is 1. The van der Waals surface area contributed by atoms with E-state index >= 15 is 0 Å². The number of anilines is 1. The predicted octanol–water partition coefficient (Wildman–Crippen LogP) is 5.46. The summed E-state index contributed by atoms with van der Waals surface area (Å²) >= 11 is 0. The van der Waals surface area contributed by atoms with E-state index < -0.39 is 17.5 Å². The molecule has 0 atom stereocenters. The average molecular weight is 456 g/mol. The molecule has 0 unspecified atom stereocenters. The van der Waals surface area contributed by atoms with Crippen molar-refractivity contribution >= 4 is 17.6 Å². The van der Waals surface area contributed by atoms with Crippen LogP contribution in [0, 0.1) is 5.95 Å². The summed E-state index contributed by atoms with van der Waals surface area (Å²) in [4.78, 5) is 27.4. The van der Waals surface area contributed by atoms with Crippen molar-refractivity contribution in [2.45, 2.75) is 6.42 Å². The normalized spacial score (nSPS) is 10.5. The Morgan fingerprint density at radius 1 is 0.912 bits per heavy atom. The molecular weight excluding hydrogens is 435 g/mol. The lowest BCUT2D eigenvalue weighted by Crippen LogP contribution is -2.12. The van der Waals surface area contributed by atoms with Crippen LogP contribution in [0.1, 0.15) is 26.3 Å². The lowest BCUT2D eigenvalue weighted by molar-refractivity contribution is 0.0690. The Morgan fingerprint density at radius 3 is 2.41 bits per heavy atom. The third kappa shape index (κ3) is 5.63. The molecule has 7 heteroatoms. The summed E-state index contributed by atoms with van der Waals surface area (Å²) < 4.78 is 19.4. The van der Waals surface area contributed by atoms with E-state index in [-0.39, 0.29) is 5.91 Å². The van der Waals surface area contributed by atoms with Gasteiger partial charge in [0.15, 0.2) is 0 Å². The highest BCUT2D eigenvalue weighted by Gasteiger charge is 2.14. The molecule has 0 saturated carbocycles. The molecule has 4 rings (SSSR count). The maximum Gasteiger partial charge on any atom is 0.340 e. The molecule has 0 radical (unpaired) electrons. The predicted molar refractivity (Wildman–Crippen MR) is 127 cm³/mol. The number of carboxylic acids is 1. The van der Waals surface area contributed by atoms with Gasteiger partial charge in [-0.25, -0.2) is 9.78 Å². The van der Waals surface area contributed by atoms with Crippen LogP contribution in [0.4, 0.5) is 10.1 Å². The van der Waals surface area contributed by atoms with Crippen LogP contribution in [-0.4, -0.2) is 28.6 Å². The first kappa shape index (κ1) is 22.7. The molecule has 6 nitrogen and oxygen atoms in total. The van der Waals surface area contributed by atoms with Gasteiger partial charge in [0.1, 0.15) is 11.3 Å². The molecule has 0 aliphatic rings. The van der Waals surface area contributed by atoms with Gasteiger partial charge in [-0.05, 0) is 53.6 Å². The fraction of sp³-hybridized carbons (Fsp3) is 0.0741. The van der Waals surface area contributed by atoms with Crippen LogP contribution < -0.4 is 10.1 Å². The van der Waals surface area contributed by atoms with Gasteiger partial charge in [-0.15, -0.1) is 0 Å². The molecule has 1 amide bonds. The molecule has 3 aromatic carbocycles. The number of pyridine rings is 1. The quantitative estimate of drug-likeness (QED) is 0.344. The Bertz CT molecular complexity index is 1310. The zero-order valence-electron chi connectivity index (χ0n) is 18.1. The number of aromatic carboxylic acids is 1. The number of carbonyl (C=O) groups excluding carboxylic acids is 1. The maximum absolute atomic E-state index is 13.6. The van der Waals surface area contributed by atoms with Gasteiger partial charge in [-0.2, -0.15) is 4.39 Å². The second-order valence-electron chi connectivity index (χ2n) is 7.51. The van der Waals surface area contributed by atoms with Gasteiger partial charge in [0.2, 0.25) is 5.95 Å². The number of nitrogens with zero attached hydrogens (tertiary/aromatic N) is 1. The van der Waals surface area contributed by atoms with E-state index in [4.69, 9.17) is 9.84 Å². The third-order valence-electron chi connectivity index (χ3n) is 5.14. The number of halogens is 1. The van der Waals surface area contributed by atoms with E-state index in [1.54, 1.807) is 48.5 Å². The summed E-state index contributed by atoms with van der Waals surface area (Å²) in [5.41, 5.74) is 2.57. The Morgan fingerprint density at radius 2 is 1.68 bits per heavy atom. The average Bonchev–Trinajstić information content (AvgIpc) is 2.86. The van der Waals surface area contributed by atoms with Crippen molar-refractivity contribution in [3.05, 3.63) is 114 Å². The number of hydrogen-bond donors (Lipinski definition) is 2. The minimum Gasteiger partial charge on any atom is -0.493 e. The van der Waals surface area contributed by atoms with Crippen LogP contribution >= 0.6 is 0 Å². The number of nitrogens with one attached hydrogen (secondary N) is 1. The zero-order chi connectivity index (χ0) is 23.9. The molecule has 0 spiro atoms. The summed E-state index contributed by atoms with van der Waals surface area (Å²) in [5.74, 6) is -2.10. The van der Waals surface area contributed by atoms with Crippen molar-refractivity contribution in [2.24, 2.45) is 0 Å². The molecule has 0 aliphatic heterocycles. The molecule has 170 valence electrons. The number of carboxylic acid groups (broad SMARTS) is 1. The number of amides is 1. The second-order valence-corrected chi connectivity index (χ2v) is 7.51. The summed E-state index contributed by atoms with van der Waals surface area (Å²) in [5, 5.41) is 11.9. The van der Waals surface area contributed by atoms with Crippen molar-refractivity contribution in [2.75, 3.05) is 11.9 Å². The number of carbonyl (C=O) groups is 2. The van der Waals surface area contributed by atoms with E-state index in [9.17, 15) is 14.0 Å². The van der Waals surface area contributed by atoms with Gasteiger partial charge >= 0.3 is 5.97 Å². The fourth-order valence-corrected chi connectivity index (χ4v) is 3.37. The van der Waals surface area contributed by atoms with Crippen LogP contribution in [0.2, 0.25) is 0 Å². The molecule has 0 fully saturated rings. The number of benzene rings is 3. The van der Waals surface area contributed by atoms with E-state index in [1.165, 1.54) is 17.8 Å². The Kier molecular flexibility index (Phi) is 6.93. The smallest absolute Gasteiger partial charge is 0.340 e. The molecule has 1 aromatic heterocycles. The topological polar surface area (TPSA) is 88.5 Å². The van der Waals surface area contributed by atoms with Crippen molar-refractivity contribution < 1.29 is 23.8 Å². The molecular formula is C27H21FN2O4. The van der Waals surface area contributed by atoms with Crippen LogP contribution in [-0.2, 0) is 6.42 Å². The molecule has 0 saturated heterocycles. The van der Waals surface area contributed by atoms with Crippen LogP contribution in [0.15, 0.2) is 91.1 Å². The summed E-state index contributed by atoms with van der Waals surface area (Å²) in [6.45, 7) is 0.546. The Labute approximate surface area is 195 Å². The van der Waals surface area contributed by atoms with Crippen LogP contribution in [0.3, 0.4) is 0 Å². The molecule has 4 aromatic rings. The Balaban J connectivity index is 1.39. The second kappa shape index (κ2) is 10.4. The highest BCUT2D eigenvalue weighted by Crippen LogP contribution is 2.23.